The molecule has 0 N–H and O–H groups in total. The topological polar surface area (TPSA) is 43.2 Å². The van der Waals surface area contributed by atoms with Gasteiger partial charge in [0.2, 0.25) is 0 Å². The molecule has 2 atom stereocenters. The van der Waals surface area contributed by atoms with Gasteiger partial charge in [-0.25, -0.2) is 9.98 Å². The summed E-state index contributed by atoms with van der Waals surface area (Å²) >= 11 is 0. The standard InChI is InChI=1S/C18H28N2O2/c1-3-7-13(8-4-1)17-19-15(11-21-17)16-12-22-18(20-16)14-9-5-2-6-10-14/h13-16H,1-12H2/t15-,16-/m1/s1. The number of rotatable bonds is 3. The molecule has 22 heavy (non-hydrogen) atoms. The Morgan fingerprint density at radius 2 is 1.00 bits per heavy atom. The van der Waals surface area contributed by atoms with E-state index in [1.165, 1.54) is 64.2 Å². The molecule has 122 valence electrons. The molecule has 2 heterocycles. The minimum Gasteiger partial charge on any atom is -0.478 e. The highest BCUT2D eigenvalue weighted by Crippen LogP contribution is 2.31. The molecular formula is C18H28N2O2. The van der Waals surface area contributed by atoms with E-state index in [1.807, 2.05) is 0 Å². The van der Waals surface area contributed by atoms with Gasteiger partial charge in [-0.15, -0.1) is 0 Å². The molecule has 2 aliphatic carbocycles. The summed E-state index contributed by atoms with van der Waals surface area (Å²) in [5.74, 6) is 3.18. The Balaban J connectivity index is 1.38. The average molecular weight is 304 g/mol. The molecule has 0 amide bonds. The van der Waals surface area contributed by atoms with Crippen LogP contribution in [0.25, 0.3) is 0 Å². The highest BCUT2D eigenvalue weighted by Gasteiger charge is 2.36. The minimum absolute atomic E-state index is 0.193. The Morgan fingerprint density at radius 1 is 0.591 bits per heavy atom. The SMILES string of the molecule is C1CCC(C2=N[C@@H]([C@H]3COC(C4CCCCC4)=N3)CO2)CC1. The van der Waals surface area contributed by atoms with Crippen LogP contribution in [0.15, 0.2) is 9.98 Å². The summed E-state index contributed by atoms with van der Waals surface area (Å²) in [4.78, 5) is 9.76. The van der Waals surface area contributed by atoms with E-state index in [0.29, 0.717) is 25.0 Å². The van der Waals surface area contributed by atoms with Crippen molar-refractivity contribution in [2.75, 3.05) is 13.2 Å². The fourth-order valence-electron chi connectivity index (χ4n) is 4.36. The van der Waals surface area contributed by atoms with Crippen molar-refractivity contribution in [2.24, 2.45) is 21.8 Å². The zero-order valence-electron chi connectivity index (χ0n) is 13.5. The maximum atomic E-state index is 5.92. The third kappa shape index (κ3) is 3.02. The van der Waals surface area contributed by atoms with E-state index in [2.05, 4.69) is 0 Å². The van der Waals surface area contributed by atoms with Gasteiger partial charge in [0, 0.05) is 11.8 Å². The van der Waals surface area contributed by atoms with Crippen molar-refractivity contribution in [1.82, 2.24) is 0 Å². The lowest BCUT2D eigenvalue weighted by Crippen LogP contribution is -2.25. The van der Waals surface area contributed by atoms with Gasteiger partial charge in [-0.3, -0.25) is 0 Å². The van der Waals surface area contributed by atoms with Crippen molar-refractivity contribution in [3.63, 3.8) is 0 Å². The number of hydrogen-bond donors (Lipinski definition) is 0. The molecule has 4 heteroatoms. The average Bonchev–Trinajstić information content (AvgIpc) is 3.26. The van der Waals surface area contributed by atoms with Gasteiger partial charge >= 0.3 is 0 Å². The van der Waals surface area contributed by atoms with E-state index in [0.717, 1.165) is 11.8 Å². The lowest BCUT2D eigenvalue weighted by atomic mass is 9.89. The van der Waals surface area contributed by atoms with Gasteiger partial charge in [-0.05, 0) is 25.7 Å². The van der Waals surface area contributed by atoms with Crippen LogP contribution in [-0.2, 0) is 9.47 Å². The molecular weight excluding hydrogens is 276 g/mol. The largest absolute Gasteiger partial charge is 0.478 e. The maximum absolute atomic E-state index is 5.92. The fourth-order valence-corrected chi connectivity index (χ4v) is 4.36. The molecule has 0 bridgehead atoms. The van der Waals surface area contributed by atoms with Gasteiger partial charge < -0.3 is 9.47 Å². The van der Waals surface area contributed by atoms with Gasteiger partial charge in [0.05, 0.1) is 0 Å². The highest BCUT2D eigenvalue weighted by atomic mass is 16.5. The van der Waals surface area contributed by atoms with E-state index in [4.69, 9.17) is 19.5 Å². The van der Waals surface area contributed by atoms with Crippen molar-refractivity contribution in [2.45, 2.75) is 76.3 Å². The summed E-state index contributed by atoms with van der Waals surface area (Å²) in [6.07, 6.45) is 13.1. The summed E-state index contributed by atoms with van der Waals surface area (Å²) in [7, 11) is 0. The Kier molecular flexibility index (Phi) is 4.35. The van der Waals surface area contributed by atoms with E-state index in [1.54, 1.807) is 0 Å². The molecule has 0 aromatic heterocycles. The zero-order chi connectivity index (χ0) is 14.8. The van der Waals surface area contributed by atoms with Crippen LogP contribution in [0.2, 0.25) is 0 Å². The number of hydrogen-bond acceptors (Lipinski definition) is 4. The van der Waals surface area contributed by atoms with Crippen molar-refractivity contribution in [1.29, 1.82) is 0 Å². The van der Waals surface area contributed by atoms with E-state index in [-0.39, 0.29) is 12.1 Å². The van der Waals surface area contributed by atoms with Crippen molar-refractivity contribution >= 4 is 11.8 Å². The molecule has 4 nitrogen and oxygen atoms in total. The Labute approximate surface area is 133 Å². The van der Waals surface area contributed by atoms with Crippen LogP contribution in [0, 0.1) is 11.8 Å². The Morgan fingerprint density at radius 3 is 1.41 bits per heavy atom. The zero-order valence-corrected chi connectivity index (χ0v) is 13.5. The van der Waals surface area contributed by atoms with Gasteiger partial charge in [0.25, 0.3) is 0 Å². The van der Waals surface area contributed by atoms with E-state index < -0.39 is 0 Å². The summed E-state index contributed by atoms with van der Waals surface area (Å²) in [5, 5.41) is 0. The second kappa shape index (κ2) is 6.59. The number of ether oxygens (including phenoxy) is 2. The maximum Gasteiger partial charge on any atom is 0.186 e. The van der Waals surface area contributed by atoms with Crippen LogP contribution in [-0.4, -0.2) is 37.1 Å². The van der Waals surface area contributed by atoms with Crippen LogP contribution in [0.5, 0.6) is 0 Å². The van der Waals surface area contributed by atoms with Crippen molar-refractivity contribution in [3.8, 4) is 0 Å². The van der Waals surface area contributed by atoms with E-state index >= 15 is 0 Å². The van der Waals surface area contributed by atoms with Gasteiger partial charge in [-0.2, -0.15) is 0 Å². The summed E-state index contributed by atoms with van der Waals surface area (Å²) in [6.45, 7) is 1.42. The van der Waals surface area contributed by atoms with E-state index in [9.17, 15) is 0 Å². The first-order chi connectivity index (χ1) is 10.9. The molecule has 0 aromatic rings. The molecule has 4 rings (SSSR count). The fraction of sp³-hybridized carbons (Fsp3) is 0.889. The molecule has 0 aromatic carbocycles. The number of nitrogens with zero attached hydrogens (tertiary/aromatic N) is 2. The highest BCUT2D eigenvalue weighted by molar-refractivity contribution is 5.82. The second-order valence-corrected chi connectivity index (χ2v) is 7.36. The third-order valence-corrected chi connectivity index (χ3v) is 5.74. The first kappa shape index (κ1) is 14.5. The van der Waals surface area contributed by atoms with Crippen LogP contribution in [0.4, 0.5) is 0 Å². The second-order valence-electron chi connectivity index (χ2n) is 7.36. The molecule has 2 aliphatic heterocycles. The van der Waals surface area contributed by atoms with Gasteiger partial charge in [0.1, 0.15) is 25.3 Å². The Bertz CT molecular complexity index is 406. The van der Waals surface area contributed by atoms with Crippen LogP contribution in [0.1, 0.15) is 64.2 Å². The Hall–Kier alpha value is -1.06. The minimum atomic E-state index is 0.193. The molecule has 2 saturated carbocycles. The molecule has 4 aliphatic rings. The molecule has 0 saturated heterocycles. The molecule has 2 fully saturated rings. The van der Waals surface area contributed by atoms with Crippen LogP contribution >= 0.6 is 0 Å². The monoisotopic (exact) mass is 304 g/mol. The first-order valence-electron chi connectivity index (χ1n) is 9.31. The van der Waals surface area contributed by atoms with Crippen LogP contribution < -0.4 is 0 Å². The van der Waals surface area contributed by atoms with Gasteiger partial charge in [-0.1, -0.05) is 38.5 Å². The lowest BCUT2D eigenvalue weighted by molar-refractivity contribution is 0.242. The summed E-state index contributed by atoms with van der Waals surface area (Å²) < 4.78 is 11.8. The lowest BCUT2D eigenvalue weighted by Gasteiger charge is -2.20. The van der Waals surface area contributed by atoms with Crippen LogP contribution in [0.3, 0.4) is 0 Å². The first-order valence-corrected chi connectivity index (χ1v) is 9.31. The predicted octanol–water partition coefficient (Wildman–Crippen LogP) is 3.74. The summed E-state index contributed by atoms with van der Waals surface area (Å²) in [5.41, 5.74) is 0. The molecule has 0 radical (unpaired) electrons. The molecule has 0 unspecified atom stereocenters. The van der Waals surface area contributed by atoms with Gasteiger partial charge in [0.15, 0.2) is 11.8 Å². The van der Waals surface area contributed by atoms with Crippen molar-refractivity contribution in [3.05, 3.63) is 0 Å². The third-order valence-electron chi connectivity index (χ3n) is 5.74. The molecule has 0 spiro atoms. The normalized spacial score (nSPS) is 34.0. The smallest absolute Gasteiger partial charge is 0.186 e. The number of aliphatic imine (C=N–C) groups is 2. The van der Waals surface area contributed by atoms with Crippen molar-refractivity contribution < 1.29 is 9.47 Å². The quantitative estimate of drug-likeness (QED) is 0.797. The summed E-state index contributed by atoms with van der Waals surface area (Å²) in [6, 6.07) is 0.385. The predicted molar refractivity (Wildman–Crippen MR) is 87.5 cm³/mol.